The number of hydrogen-bond acceptors (Lipinski definition) is 26. The summed E-state index contributed by atoms with van der Waals surface area (Å²) in [6, 6.07) is 0. The summed E-state index contributed by atoms with van der Waals surface area (Å²) in [5.74, 6) is -23.2. The van der Waals surface area contributed by atoms with E-state index in [1.54, 1.807) is 0 Å². The molecule has 4 saturated heterocycles. The Kier molecular flexibility index (Phi) is 23.7. The van der Waals surface area contributed by atoms with Gasteiger partial charge in [-0.15, -0.1) is 0 Å². The van der Waals surface area contributed by atoms with E-state index >= 15 is 0 Å². The number of unbranched alkanes of at least 4 members (excludes halogenated alkanes) is 3. The molecule has 24 atom stereocenters. The highest BCUT2D eigenvalue weighted by atomic mass is 16.8. The Hall–Kier alpha value is -3.00. The van der Waals surface area contributed by atoms with E-state index in [1.807, 2.05) is 0 Å². The quantitative estimate of drug-likeness (QED) is 0.0310. The number of hydrogen-bond donors (Lipinski definition) is 18. The first-order valence-electron chi connectivity index (χ1n) is 25.1. The Balaban J connectivity index is 1.46. The fraction of sp³-hybridized carbons (Fsp3) is 0.913. The molecule has 4 aliphatic heterocycles. The molecule has 76 heavy (non-hydrogen) atoms. The molecule has 0 aliphatic carbocycles. The van der Waals surface area contributed by atoms with Crippen molar-refractivity contribution >= 4 is 23.9 Å². The van der Waals surface area contributed by atoms with Gasteiger partial charge in [-0.25, -0.2) is 19.2 Å². The van der Waals surface area contributed by atoms with Crippen LogP contribution in [0.2, 0.25) is 0 Å². The van der Waals surface area contributed by atoms with Gasteiger partial charge in [-0.2, -0.15) is 0 Å². The average Bonchev–Trinajstić information content (AvgIpc) is 3.37. The lowest BCUT2D eigenvalue weighted by molar-refractivity contribution is -0.339. The summed E-state index contributed by atoms with van der Waals surface area (Å²) >= 11 is 0. The number of carboxylic acid groups (broad SMARTS) is 4. The number of aliphatic hydroxyl groups is 13. The lowest BCUT2D eigenvalue weighted by atomic mass is 9.84. The molecule has 0 spiro atoms. The van der Waals surface area contributed by atoms with Gasteiger partial charge in [-0.3, -0.25) is 0 Å². The zero-order valence-corrected chi connectivity index (χ0v) is 42.5. The molecule has 0 radical (unpaired) electrons. The normalized spacial score (nSPS) is 39.4. The van der Waals surface area contributed by atoms with Crippen LogP contribution in [-0.2, 0) is 57.1 Å². The van der Waals surface area contributed by atoms with Gasteiger partial charge in [0.1, 0.15) is 48.8 Å². The maximum atomic E-state index is 12.9. The molecular formula is C46H79NO29. The molecule has 0 bridgehead atoms. The second kappa shape index (κ2) is 27.4. The third kappa shape index (κ3) is 14.7. The van der Waals surface area contributed by atoms with Gasteiger partial charge in [-0.05, 0) is 19.4 Å². The number of rotatable bonds is 29. The molecule has 30 nitrogen and oxygen atoms in total. The van der Waals surface area contributed by atoms with Crippen molar-refractivity contribution in [2.45, 2.75) is 200 Å². The Labute approximate surface area is 436 Å². The van der Waals surface area contributed by atoms with Crippen LogP contribution in [0.5, 0.6) is 0 Å². The van der Waals surface area contributed by atoms with Gasteiger partial charge in [0.25, 0.3) is 23.1 Å². The van der Waals surface area contributed by atoms with Crippen molar-refractivity contribution in [3.05, 3.63) is 0 Å². The van der Waals surface area contributed by atoms with Crippen LogP contribution in [0.3, 0.4) is 0 Å². The van der Waals surface area contributed by atoms with Crippen molar-refractivity contribution in [1.29, 1.82) is 0 Å². The maximum absolute atomic E-state index is 12.9. The largest absolute Gasteiger partial charge is 0.477 e. The zero-order valence-electron chi connectivity index (χ0n) is 42.5. The van der Waals surface area contributed by atoms with Gasteiger partial charge in [0.05, 0.1) is 81.9 Å². The van der Waals surface area contributed by atoms with Gasteiger partial charge >= 0.3 is 23.9 Å². The van der Waals surface area contributed by atoms with Crippen LogP contribution >= 0.6 is 0 Å². The average molecular weight is 1110 g/mol. The predicted octanol–water partition coefficient (Wildman–Crippen LogP) is -6.28. The summed E-state index contributed by atoms with van der Waals surface area (Å²) in [4.78, 5) is 50.7. The van der Waals surface area contributed by atoms with Crippen LogP contribution in [0.15, 0.2) is 0 Å². The van der Waals surface area contributed by atoms with Crippen molar-refractivity contribution in [3.63, 3.8) is 0 Å². The standard InChI is InChI=1S/C46H79NO29/c1-19-24(50)12-44(40(63)64,74-35(19)31(57)27(53)15-48)70-17-29(55)33(59)37-21(3)26(52)14-46(76-37,42(67)68)72-18-30(56)34(60)38-22(4)25(51)13-45(75-38,41(65)66)71-16-28(54)32(58)36-20(2)23(49)11-43(73-36,39(61)62)69-10-8-6-5-7-9-47/h19-38,48-60H,5-18,47H2,1-4H3,(H,61,62)(H,63,64)(H,65,66)(H,67,68)/t19-,20-,21-,22-,23?,24?,25?,26?,27-,28-,29-,30-,31-,32-,33-,34-,35-,36-,37-,38-,43?,44?,45?,46?/m1/s1. The number of carbonyl (C=O) groups is 4. The highest BCUT2D eigenvalue weighted by Gasteiger charge is 2.60. The van der Waals surface area contributed by atoms with Gasteiger partial charge in [0, 0.05) is 49.4 Å². The molecule has 0 amide bonds. The van der Waals surface area contributed by atoms with Gasteiger partial charge in [0.15, 0.2) is 0 Å². The highest BCUT2D eigenvalue weighted by molar-refractivity contribution is 5.77. The maximum Gasteiger partial charge on any atom is 0.364 e. The van der Waals surface area contributed by atoms with E-state index in [-0.39, 0.29) is 6.61 Å². The lowest BCUT2D eigenvalue weighted by Gasteiger charge is -2.47. The van der Waals surface area contributed by atoms with Crippen LogP contribution in [0.25, 0.3) is 0 Å². The van der Waals surface area contributed by atoms with E-state index in [1.165, 1.54) is 27.7 Å². The summed E-state index contributed by atoms with van der Waals surface area (Å²) < 4.78 is 44.5. The summed E-state index contributed by atoms with van der Waals surface area (Å²) in [5.41, 5.74) is 5.51. The first-order valence-corrected chi connectivity index (χ1v) is 25.1. The molecule has 0 aromatic heterocycles. The van der Waals surface area contributed by atoms with Crippen molar-refractivity contribution in [3.8, 4) is 0 Å². The summed E-state index contributed by atoms with van der Waals surface area (Å²) in [7, 11) is 0. The molecular weight excluding hydrogens is 1030 g/mol. The summed E-state index contributed by atoms with van der Waals surface area (Å²) in [6.07, 6.45) is -31.2. The number of aliphatic carboxylic acids is 4. The van der Waals surface area contributed by atoms with Crippen molar-refractivity contribution in [1.82, 2.24) is 0 Å². The minimum atomic E-state index is -3.00. The zero-order chi connectivity index (χ0) is 57.4. The molecule has 4 heterocycles. The smallest absolute Gasteiger partial charge is 0.364 e. The van der Waals surface area contributed by atoms with Gasteiger partial charge in [0.2, 0.25) is 0 Å². The van der Waals surface area contributed by atoms with Crippen molar-refractivity contribution < 1.29 is 144 Å². The predicted molar refractivity (Wildman–Crippen MR) is 247 cm³/mol. The van der Waals surface area contributed by atoms with E-state index in [0.29, 0.717) is 19.4 Å². The number of nitrogens with two attached hydrogens (primary N) is 1. The van der Waals surface area contributed by atoms with Crippen LogP contribution in [-0.4, -0.2) is 271 Å². The van der Waals surface area contributed by atoms with Crippen LogP contribution < -0.4 is 5.73 Å². The fourth-order valence-electron chi connectivity index (χ4n) is 9.69. The molecule has 442 valence electrons. The topological polar surface area (TPSA) is 512 Å². The highest BCUT2D eigenvalue weighted by Crippen LogP contribution is 2.42. The number of aliphatic hydroxyl groups excluding tert-OH is 13. The van der Waals surface area contributed by atoms with E-state index in [9.17, 15) is 106 Å². The molecule has 0 saturated carbocycles. The fourth-order valence-corrected chi connectivity index (χ4v) is 9.69. The number of ether oxygens (including phenoxy) is 8. The second-order valence-corrected chi connectivity index (χ2v) is 20.5. The molecule has 19 N–H and O–H groups in total. The molecule has 30 heteroatoms. The third-order valence-electron chi connectivity index (χ3n) is 15.0. The Morgan fingerprint density at radius 1 is 0.447 bits per heavy atom. The first kappa shape index (κ1) is 65.5. The Morgan fingerprint density at radius 2 is 0.697 bits per heavy atom. The van der Waals surface area contributed by atoms with Gasteiger partial charge < -0.3 is 130 Å². The van der Waals surface area contributed by atoms with Crippen LogP contribution in [0.1, 0.15) is 79.1 Å². The SMILES string of the molecule is C[C@@H]1C(O)CC(OC[C@@H](O)[C@@H](O)[C@@H]2OC(OC[C@@H](O)[C@@H](O)[C@@H]3OC(OC[C@@H](O)[C@@H](O)[C@@H]4OC(OCCCCCCN)(C(=O)O)CC(O)[C@H]4C)(C(=O)O)CC(O)[C@H]3C)(C(=O)O)CC(O)[C@H]2C)(C(=O)O)O[C@H]1[C@H](O)[C@H](O)CO. The molecule has 4 fully saturated rings. The second-order valence-electron chi connectivity index (χ2n) is 20.5. The third-order valence-corrected chi connectivity index (χ3v) is 15.0. The first-order chi connectivity index (χ1) is 35.4. The monoisotopic (exact) mass is 1110 g/mol. The van der Waals surface area contributed by atoms with E-state index in [0.717, 1.165) is 12.8 Å². The molecule has 8 unspecified atom stereocenters. The van der Waals surface area contributed by atoms with E-state index < -0.39 is 220 Å². The Morgan fingerprint density at radius 3 is 0.947 bits per heavy atom. The van der Waals surface area contributed by atoms with Crippen LogP contribution in [0, 0.1) is 23.7 Å². The summed E-state index contributed by atoms with van der Waals surface area (Å²) in [5, 5.41) is 182. The lowest BCUT2D eigenvalue weighted by Crippen LogP contribution is -2.64. The Bertz CT molecular complexity index is 1890. The summed E-state index contributed by atoms with van der Waals surface area (Å²) in [6.45, 7) is 1.12. The van der Waals surface area contributed by atoms with Crippen molar-refractivity contribution in [2.75, 3.05) is 39.6 Å². The molecule has 4 rings (SSSR count). The minimum Gasteiger partial charge on any atom is -0.477 e. The molecule has 0 aromatic carbocycles. The molecule has 0 aromatic rings. The van der Waals surface area contributed by atoms with Gasteiger partial charge in [-0.1, -0.05) is 40.5 Å². The van der Waals surface area contributed by atoms with Crippen LogP contribution in [0.4, 0.5) is 0 Å². The molecule has 4 aliphatic rings. The van der Waals surface area contributed by atoms with E-state index in [2.05, 4.69) is 0 Å². The number of carboxylic acids is 4. The van der Waals surface area contributed by atoms with E-state index in [4.69, 9.17) is 43.6 Å². The van der Waals surface area contributed by atoms with Crippen molar-refractivity contribution in [2.24, 2.45) is 29.4 Å². The minimum absolute atomic E-state index is 0.121.